The molecular weight excluding hydrogens is 228 g/mol. The molecule has 0 aromatic heterocycles. The second-order valence-corrected chi connectivity index (χ2v) is 5.34. The van der Waals surface area contributed by atoms with Crippen molar-refractivity contribution in [1.82, 2.24) is 0 Å². The first-order valence-corrected chi connectivity index (χ1v) is 7.21. The Labute approximate surface area is 110 Å². The minimum atomic E-state index is -0.0374. The van der Waals surface area contributed by atoms with Crippen molar-refractivity contribution in [1.29, 1.82) is 0 Å². The predicted octanol–water partition coefficient (Wildman–Crippen LogP) is 2.33. The van der Waals surface area contributed by atoms with Crippen molar-refractivity contribution < 1.29 is 14.6 Å². The summed E-state index contributed by atoms with van der Waals surface area (Å²) in [6, 6.07) is 0. The fourth-order valence-corrected chi connectivity index (χ4v) is 2.75. The van der Waals surface area contributed by atoms with E-state index in [0.717, 1.165) is 32.3 Å². The Bertz CT molecular complexity index is 286. The van der Waals surface area contributed by atoms with Gasteiger partial charge in [-0.05, 0) is 44.4 Å². The summed E-state index contributed by atoms with van der Waals surface area (Å²) in [5.41, 5.74) is 0. The maximum atomic E-state index is 9.16. The maximum Gasteiger partial charge on any atom is 0.158 e. The van der Waals surface area contributed by atoms with Crippen molar-refractivity contribution >= 4 is 0 Å². The van der Waals surface area contributed by atoms with Gasteiger partial charge >= 0.3 is 0 Å². The molecule has 0 spiro atoms. The van der Waals surface area contributed by atoms with Crippen LogP contribution < -0.4 is 0 Å². The molecule has 1 saturated carbocycles. The quantitative estimate of drug-likeness (QED) is 0.784. The Morgan fingerprint density at radius 2 is 2.11 bits per heavy atom. The van der Waals surface area contributed by atoms with Crippen molar-refractivity contribution in [2.45, 2.75) is 51.2 Å². The number of hydrogen-bond acceptors (Lipinski definition) is 3. The van der Waals surface area contributed by atoms with Crippen LogP contribution in [-0.4, -0.2) is 31.2 Å². The highest BCUT2D eigenvalue weighted by Gasteiger charge is 2.19. The van der Waals surface area contributed by atoms with Crippen LogP contribution in [0.1, 0.15) is 44.9 Å². The molecule has 0 aromatic carbocycles. The fraction of sp³-hybridized carbons (Fsp3) is 0.867. The summed E-state index contributed by atoms with van der Waals surface area (Å²) in [7, 11) is 0. The molecule has 0 aromatic rings. The van der Waals surface area contributed by atoms with E-state index in [9.17, 15) is 0 Å². The molecule has 3 heteroatoms. The molecule has 1 heterocycles. The van der Waals surface area contributed by atoms with E-state index in [1.807, 2.05) is 0 Å². The SMILES string of the molecule is OCC1CCCC(C#CCOC2CCCCO2)C1. The van der Waals surface area contributed by atoms with Gasteiger partial charge in [0.15, 0.2) is 6.29 Å². The Hall–Kier alpha value is -0.560. The molecule has 1 aliphatic heterocycles. The standard InChI is InChI=1S/C15H24O3/c16-12-14-6-3-5-13(11-14)7-4-10-18-15-8-1-2-9-17-15/h13-16H,1-3,5-6,8-12H2. The lowest BCUT2D eigenvalue weighted by molar-refractivity contribution is -0.154. The van der Waals surface area contributed by atoms with Gasteiger partial charge in [0.1, 0.15) is 6.61 Å². The van der Waals surface area contributed by atoms with E-state index in [4.69, 9.17) is 14.6 Å². The van der Waals surface area contributed by atoms with E-state index in [1.54, 1.807) is 0 Å². The highest BCUT2D eigenvalue weighted by Crippen LogP contribution is 2.27. The van der Waals surface area contributed by atoms with E-state index in [-0.39, 0.29) is 6.29 Å². The van der Waals surface area contributed by atoms with Gasteiger partial charge in [0.25, 0.3) is 0 Å². The van der Waals surface area contributed by atoms with Crippen molar-refractivity contribution in [3.05, 3.63) is 0 Å². The van der Waals surface area contributed by atoms with Crippen molar-refractivity contribution in [2.75, 3.05) is 19.8 Å². The molecular formula is C15H24O3. The Morgan fingerprint density at radius 1 is 1.17 bits per heavy atom. The van der Waals surface area contributed by atoms with E-state index in [1.165, 1.54) is 19.3 Å². The number of aliphatic hydroxyl groups is 1. The smallest absolute Gasteiger partial charge is 0.158 e. The van der Waals surface area contributed by atoms with Gasteiger partial charge in [-0.15, -0.1) is 0 Å². The molecule has 1 aliphatic carbocycles. The molecule has 2 rings (SSSR count). The average molecular weight is 252 g/mol. The topological polar surface area (TPSA) is 38.7 Å². The zero-order valence-corrected chi connectivity index (χ0v) is 11.1. The number of rotatable bonds is 3. The lowest BCUT2D eigenvalue weighted by atomic mass is 9.82. The second kappa shape index (κ2) is 7.78. The van der Waals surface area contributed by atoms with Crippen molar-refractivity contribution in [3.8, 4) is 11.8 Å². The summed E-state index contributed by atoms with van der Waals surface area (Å²) < 4.78 is 11.1. The van der Waals surface area contributed by atoms with Crippen LogP contribution in [0.5, 0.6) is 0 Å². The van der Waals surface area contributed by atoms with Gasteiger partial charge in [-0.1, -0.05) is 18.3 Å². The van der Waals surface area contributed by atoms with Gasteiger partial charge in [-0.2, -0.15) is 0 Å². The number of hydrogen-bond donors (Lipinski definition) is 1. The average Bonchev–Trinajstić information content (AvgIpc) is 2.45. The van der Waals surface area contributed by atoms with Crippen LogP contribution in [0.3, 0.4) is 0 Å². The summed E-state index contributed by atoms with van der Waals surface area (Å²) in [6.45, 7) is 1.61. The zero-order valence-electron chi connectivity index (χ0n) is 11.1. The lowest BCUT2D eigenvalue weighted by Crippen LogP contribution is -2.22. The first-order valence-electron chi connectivity index (χ1n) is 7.21. The van der Waals surface area contributed by atoms with Crippen LogP contribution >= 0.6 is 0 Å². The van der Waals surface area contributed by atoms with Gasteiger partial charge in [0.05, 0.1) is 0 Å². The fourth-order valence-electron chi connectivity index (χ4n) is 2.75. The summed E-state index contributed by atoms with van der Waals surface area (Å²) >= 11 is 0. The van der Waals surface area contributed by atoms with Crippen LogP contribution in [0.25, 0.3) is 0 Å². The van der Waals surface area contributed by atoms with Gasteiger partial charge in [-0.3, -0.25) is 0 Å². The molecule has 3 nitrogen and oxygen atoms in total. The normalized spacial score (nSPS) is 32.6. The highest BCUT2D eigenvalue weighted by molar-refractivity contribution is 5.05. The van der Waals surface area contributed by atoms with Crippen molar-refractivity contribution in [3.63, 3.8) is 0 Å². The van der Waals surface area contributed by atoms with E-state index >= 15 is 0 Å². The molecule has 3 unspecified atom stereocenters. The number of ether oxygens (including phenoxy) is 2. The van der Waals surface area contributed by atoms with Crippen LogP contribution in [0.15, 0.2) is 0 Å². The monoisotopic (exact) mass is 252 g/mol. The first-order chi connectivity index (χ1) is 8.88. The van der Waals surface area contributed by atoms with Crippen molar-refractivity contribution in [2.24, 2.45) is 11.8 Å². The molecule has 0 amide bonds. The predicted molar refractivity (Wildman–Crippen MR) is 69.9 cm³/mol. The maximum absolute atomic E-state index is 9.16. The third-order valence-electron chi connectivity index (χ3n) is 3.83. The van der Waals surface area contributed by atoms with Gasteiger partial charge in [0.2, 0.25) is 0 Å². The molecule has 1 saturated heterocycles. The second-order valence-electron chi connectivity index (χ2n) is 5.34. The van der Waals surface area contributed by atoms with Crippen LogP contribution in [0.4, 0.5) is 0 Å². The molecule has 0 bridgehead atoms. The van der Waals surface area contributed by atoms with Crippen LogP contribution in [0, 0.1) is 23.7 Å². The van der Waals surface area contributed by atoms with Gasteiger partial charge < -0.3 is 14.6 Å². The van der Waals surface area contributed by atoms with Crippen LogP contribution in [0.2, 0.25) is 0 Å². The van der Waals surface area contributed by atoms with Gasteiger partial charge in [-0.25, -0.2) is 0 Å². The largest absolute Gasteiger partial charge is 0.396 e. The Kier molecular flexibility index (Phi) is 5.99. The summed E-state index contributed by atoms with van der Waals surface area (Å²) in [4.78, 5) is 0. The Balaban J connectivity index is 1.64. The Morgan fingerprint density at radius 3 is 2.89 bits per heavy atom. The highest BCUT2D eigenvalue weighted by atomic mass is 16.7. The minimum absolute atomic E-state index is 0.0374. The summed E-state index contributed by atoms with van der Waals surface area (Å²) in [6.07, 6.45) is 7.86. The summed E-state index contributed by atoms with van der Waals surface area (Å²) in [5, 5.41) is 9.16. The summed E-state index contributed by atoms with van der Waals surface area (Å²) in [5.74, 6) is 7.31. The molecule has 1 N–H and O–H groups in total. The lowest BCUT2D eigenvalue weighted by Gasteiger charge is -2.24. The molecule has 0 radical (unpaired) electrons. The molecule has 2 aliphatic rings. The van der Waals surface area contributed by atoms with E-state index in [0.29, 0.717) is 25.0 Å². The van der Waals surface area contributed by atoms with Crippen LogP contribution in [-0.2, 0) is 9.47 Å². The molecule has 102 valence electrons. The first kappa shape index (κ1) is 13.9. The molecule has 2 fully saturated rings. The third-order valence-corrected chi connectivity index (χ3v) is 3.83. The third kappa shape index (κ3) is 4.61. The van der Waals surface area contributed by atoms with Gasteiger partial charge in [0, 0.05) is 19.1 Å². The van der Waals surface area contributed by atoms with E-state index in [2.05, 4.69) is 11.8 Å². The number of aliphatic hydroxyl groups excluding tert-OH is 1. The molecule has 18 heavy (non-hydrogen) atoms. The minimum Gasteiger partial charge on any atom is -0.396 e. The van der Waals surface area contributed by atoms with E-state index < -0.39 is 0 Å². The zero-order chi connectivity index (χ0) is 12.6. The molecule has 3 atom stereocenters.